The fourth-order valence-corrected chi connectivity index (χ4v) is 1.60. The highest BCUT2D eigenvalue weighted by atomic mass is 16.5. The molecule has 18 heavy (non-hydrogen) atoms. The molecule has 1 amide bonds. The Kier molecular flexibility index (Phi) is 3.82. The predicted octanol–water partition coefficient (Wildman–Crippen LogP) is 1.97. The molecule has 96 valence electrons. The lowest BCUT2D eigenvalue weighted by Crippen LogP contribution is -2.25. The van der Waals surface area contributed by atoms with Crippen molar-refractivity contribution in [3.05, 3.63) is 23.8 Å². The predicted molar refractivity (Wildman–Crippen MR) is 65.8 cm³/mol. The standard InChI is InChI=1S/C13H15NO4/c1-2-3-6-17-13(16)9-4-5-11-10(7-9)14-12(15)8-18-11/h4-5,7H,2-3,6,8H2,1H3,(H,14,15). The molecular weight excluding hydrogens is 234 g/mol. The van der Waals surface area contributed by atoms with Crippen molar-refractivity contribution in [2.45, 2.75) is 19.8 Å². The molecule has 0 bridgehead atoms. The first-order valence-corrected chi connectivity index (χ1v) is 5.94. The van der Waals surface area contributed by atoms with Gasteiger partial charge in [-0.15, -0.1) is 0 Å². The van der Waals surface area contributed by atoms with E-state index in [9.17, 15) is 9.59 Å². The van der Waals surface area contributed by atoms with Gasteiger partial charge >= 0.3 is 5.97 Å². The van der Waals surface area contributed by atoms with Crippen LogP contribution in [0.2, 0.25) is 0 Å². The summed E-state index contributed by atoms with van der Waals surface area (Å²) in [7, 11) is 0. The Morgan fingerprint density at radius 3 is 3.11 bits per heavy atom. The summed E-state index contributed by atoms with van der Waals surface area (Å²) in [5, 5.41) is 2.65. The fraction of sp³-hybridized carbons (Fsp3) is 0.385. The van der Waals surface area contributed by atoms with E-state index in [0.717, 1.165) is 12.8 Å². The van der Waals surface area contributed by atoms with Crippen molar-refractivity contribution < 1.29 is 19.1 Å². The van der Waals surface area contributed by atoms with Crippen LogP contribution in [0, 0.1) is 0 Å². The Morgan fingerprint density at radius 1 is 1.50 bits per heavy atom. The van der Waals surface area contributed by atoms with Crippen LogP contribution in [0.1, 0.15) is 30.1 Å². The second-order valence-electron chi connectivity index (χ2n) is 4.04. The number of anilines is 1. The Morgan fingerprint density at radius 2 is 2.33 bits per heavy atom. The zero-order valence-electron chi connectivity index (χ0n) is 10.2. The number of amides is 1. The normalized spacial score (nSPS) is 13.3. The molecule has 1 aromatic carbocycles. The quantitative estimate of drug-likeness (QED) is 0.654. The Bertz CT molecular complexity index is 470. The molecule has 1 aliphatic heterocycles. The van der Waals surface area contributed by atoms with Crippen LogP contribution in [0.4, 0.5) is 5.69 Å². The van der Waals surface area contributed by atoms with Crippen molar-refractivity contribution in [3.63, 3.8) is 0 Å². The number of rotatable bonds is 4. The van der Waals surface area contributed by atoms with E-state index >= 15 is 0 Å². The first-order chi connectivity index (χ1) is 8.70. The van der Waals surface area contributed by atoms with E-state index in [4.69, 9.17) is 9.47 Å². The number of carbonyl (C=O) groups excluding carboxylic acids is 2. The van der Waals surface area contributed by atoms with Gasteiger partial charge in [-0.25, -0.2) is 4.79 Å². The second kappa shape index (κ2) is 5.53. The second-order valence-corrected chi connectivity index (χ2v) is 4.04. The molecule has 0 fully saturated rings. The third-order valence-corrected chi connectivity index (χ3v) is 2.58. The van der Waals surface area contributed by atoms with Crippen LogP contribution in [0.15, 0.2) is 18.2 Å². The minimum atomic E-state index is -0.383. The largest absolute Gasteiger partial charge is 0.482 e. The Labute approximate surface area is 105 Å². The summed E-state index contributed by atoms with van der Waals surface area (Å²) >= 11 is 0. The third kappa shape index (κ3) is 2.80. The molecule has 0 atom stereocenters. The molecule has 1 heterocycles. The summed E-state index contributed by atoms with van der Waals surface area (Å²) < 4.78 is 10.3. The first-order valence-electron chi connectivity index (χ1n) is 5.94. The number of benzene rings is 1. The number of nitrogens with one attached hydrogen (secondary N) is 1. The monoisotopic (exact) mass is 249 g/mol. The highest BCUT2D eigenvalue weighted by molar-refractivity contribution is 5.98. The summed E-state index contributed by atoms with van der Waals surface area (Å²) in [6.45, 7) is 2.45. The van der Waals surface area contributed by atoms with Crippen LogP contribution in [0.3, 0.4) is 0 Å². The molecule has 0 saturated carbocycles. The van der Waals surface area contributed by atoms with Gasteiger partial charge in [0.1, 0.15) is 5.75 Å². The summed E-state index contributed by atoms with van der Waals surface area (Å²) in [6.07, 6.45) is 1.82. The van der Waals surface area contributed by atoms with Crippen molar-refractivity contribution >= 4 is 17.6 Å². The minimum Gasteiger partial charge on any atom is -0.482 e. The van der Waals surface area contributed by atoms with Crippen molar-refractivity contribution in [2.24, 2.45) is 0 Å². The average molecular weight is 249 g/mol. The van der Waals surface area contributed by atoms with Gasteiger partial charge in [0, 0.05) is 0 Å². The van der Waals surface area contributed by atoms with Gasteiger partial charge in [-0.05, 0) is 24.6 Å². The topological polar surface area (TPSA) is 64.6 Å². The van der Waals surface area contributed by atoms with E-state index in [1.165, 1.54) is 0 Å². The maximum Gasteiger partial charge on any atom is 0.338 e. The molecule has 1 aliphatic rings. The number of hydrogen-bond acceptors (Lipinski definition) is 4. The van der Waals surface area contributed by atoms with E-state index in [2.05, 4.69) is 5.32 Å². The number of unbranched alkanes of at least 4 members (excludes halogenated alkanes) is 1. The summed E-state index contributed by atoms with van der Waals surface area (Å²) in [5.74, 6) is -0.0372. The van der Waals surface area contributed by atoms with E-state index in [1.54, 1.807) is 18.2 Å². The van der Waals surface area contributed by atoms with Crippen LogP contribution in [0.25, 0.3) is 0 Å². The summed E-state index contributed by atoms with van der Waals surface area (Å²) in [5.41, 5.74) is 0.923. The summed E-state index contributed by atoms with van der Waals surface area (Å²) in [4.78, 5) is 22.9. The zero-order chi connectivity index (χ0) is 13.0. The molecule has 0 radical (unpaired) electrons. The number of fused-ring (bicyclic) bond motifs is 1. The smallest absolute Gasteiger partial charge is 0.338 e. The van der Waals surface area contributed by atoms with E-state index in [0.29, 0.717) is 23.6 Å². The highest BCUT2D eigenvalue weighted by Gasteiger charge is 2.18. The molecule has 1 N–H and O–H groups in total. The van der Waals surface area contributed by atoms with E-state index in [1.807, 2.05) is 6.92 Å². The number of esters is 1. The molecule has 5 nitrogen and oxygen atoms in total. The average Bonchev–Trinajstić information content (AvgIpc) is 2.38. The maximum absolute atomic E-state index is 11.7. The number of hydrogen-bond donors (Lipinski definition) is 1. The fourth-order valence-electron chi connectivity index (χ4n) is 1.60. The molecule has 0 unspecified atom stereocenters. The lowest BCUT2D eigenvalue weighted by molar-refractivity contribution is -0.118. The van der Waals surface area contributed by atoms with Gasteiger partial charge < -0.3 is 14.8 Å². The number of ether oxygens (including phenoxy) is 2. The van der Waals surface area contributed by atoms with Gasteiger partial charge in [-0.2, -0.15) is 0 Å². The van der Waals surface area contributed by atoms with Crippen molar-refractivity contribution in [3.8, 4) is 5.75 Å². The van der Waals surface area contributed by atoms with Crippen LogP contribution >= 0.6 is 0 Å². The molecule has 1 aromatic rings. The first kappa shape index (κ1) is 12.4. The minimum absolute atomic E-state index is 0.00724. The van der Waals surface area contributed by atoms with Gasteiger partial charge in [0.25, 0.3) is 5.91 Å². The molecule has 5 heteroatoms. The van der Waals surface area contributed by atoms with Crippen LogP contribution in [-0.2, 0) is 9.53 Å². The SMILES string of the molecule is CCCCOC(=O)c1ccc2c(c1)NC(=O)CO2. The van der Waals surface area contributed by atoms with Crippen molar-refractivity contribution in [2.75, 3.05) is 18.5 Å². The molecular formula is C13H15NO4. The lowest BCUT2D eigenvalue weighted by atomic mass is 10.1. The van der Waals surface area contributed by atoms with E-state index < -0.39 is 0 Å². The Balaban J connectivity index is 2.08. The molecule has 0 spiro atoms. The summed E-state index contributed by atoms with van der Waals surface area (Å²) in [6, 6.07) is 4.86. The van der Waals surface area contributed by atoms with E-state index in [-0.39, 0.29) is 18.5 Å². The lowest BCUT2D eigenvalue weighted by Gasteiger charge is -2.18. The van der Waals surface area contributed by atoms with Crippen LogP contribution < -0.4 is 10.1 Å². The Hall–Kier alpha value is -2.04. The number of carbonyl (C=O) groups is 2. The van der Waals surface area contributed by atoms with Gasteiger partial charge in [-0.1, -0.05) is 13.3 Å². The highest BCUT2D eigenvalue weighted by Crippen LogP contribution is 2.28. The maximum atomic E-state index is 11.7. The molecule has 0 aliphatic carbocycles. The third-order valence-electron chi connectivity index (χ3n) is 2.58. The van der Waals surface area contributed by atoms with Crippen molar-refractivity contribution in [1.82, 2.24) is 0 Å². The van der Waals surface area contributed by atoms with Crippen LogP contribution in [0.5, 0.6) is 5.75 Å². The van der Waals surface area contributed by atoms with Gasteiger partial charge in [0.15, 0.2) is 6.61 Å². The van der Waals surface area contributed by atoms with Gasteiger partial charge in [-0.3, -0.25) is 4.79 Å². The molecule has 0 saturated heterocycles. The van der Waals surface area contributed by atoms with Gasteiger partial charge in [0.2, 0.25) is 0 Å². The van der Waals surface area contributed by atoms with Crippen molar-refractivity contribution in [1.29, 1.82) is 0 Å². The molecule has 0 aromatic heterocycles. The van der Waals surface area contributed by atoms with Gasteiger partial charge in [0.05, 0.1) is 17.9 Å². The molecule has 2 rings (SSSR count). The van der Waals surface area contributed by atoms with Crippen LogP contribution in [-0.4, -0.2) is 25.1 Å². The zero-order valence-corrected chi connectivity index (χ0v) is 10.2.